The van der Waals surface area contributed by atoms with Gasteiger partial charge in [-0.05, 0) is 50.3 Å². The number of hydrogen-bond donors (Lipinski definition) is 1. The average molecular weight is 299 g/mol. The Labute approximate surface area is 130 Å². The molecular weight excluding hydrogens is 278 g/mol. The third-order valence-corrected chi connectivity index (χ3v) is 4.20. The van der Waals surface area contributed by atoms with Crippen molar-refractivity contribution in [2.24, 2.45) is 0 Å². The molecule has 0 aliphatic rings. The van der Waals surface area contributed by atoms with Crippen molar-refractivity contribution in [1.29, 1.82) is 5.26 Å². The Hall–Kier alpha value is -1.73. The minimum Gasteiger partial charge on any atom is -0.383 e. The lowest BCUT2D eigenvalue weighted by Crippen LogP contribution is -2.05. The van der Waals surface area contributed by atoms with Gasteiger partial charge in [-0.25, -0.2) is 0 Å². The molecule has 1 aromatic carbocycles. The molecule has 2 aromatic rings. The Bertz CT molecular complexity index is 674. The van der Waals surface area contributed by atoms with E-state index in [9.17, 15) is 5.26 Å². The molecule has 1 N–H and O–H groups in total. The average Bonchev–Trinajstić information content (AvgIpc) is 2.47. The van der Waals surface area contributed by atoms with Gasteiger partial charge < -0.3 is 5.32 Å². The quantitative estimate of drug-likeness (QED) is 0.809. The van der Waals surface area contributed by atoms with E-state index in [1.807, 2.05) is 11.8 Å². The standard InChI is InChI=1S/C17H21N3S/c1-12-8-13(2)16-15(9-12)17(14(10-18)11-20-16)19-6-4-5-7-21-3/h8-9,11H,4-7H2,1-3H3,(H,19,20). The van der Waals surface area contributed by atoms with Crippen molar-refractivity contribution in [3.05, 3.63) is 35.0 Å². The Morgan fingerprint density at radius 3 is 2.81 bits per heavy atom. The topological polar surface area (TPSA) is 48.7 Å². The van der Waals surface area contributed by atoms with Crippen LogP contribution in [0.1, 0.15) is 29.5 Å². The van der Waals surface area contributed by atoms with E-state index in [-0.39, 0.29) is 0 Å². The molecule has 0 fully saturated rings. The van der Waals surface area contributed by atoms with E-state index < -0.39 is 0 Å². The second-order valence-corrected chi connectivity index (χ2v) is 6.25. The lowest BCUT2D eigenvalue weighted by molar-refractivity contribution is 0.843. The molecule has 0 radical (unpaired) electrons. The summed E-state index contributed by atoms with van der Waals surface area (Å²) >= 11 is 1.87. The van der Waals surface area contributed by atoms with Gasteiger partial charge in [-0.2, -0.15) is 17.0 Å². The van der Waals surface area contributed by atoms with Gasteiger partial charge in [0.15, 0.2) is 0 Å². The van der Waals surface area contributed by atoms with Crippen LogP contribution in [0, 0.1) is 25.2 Å². The van der Waals surface area contributed by atoms with E-state index in [2.05, 4.69) is 48.6 Å². The smallest absolute Gasteiger partial charge is 0.103 e. The van der Waals surface area contributed by atoms with Crippen LogP contribution < -0.4 is 5.32 Å². The maximum absolute atomic E-state index is 9.32. The first-order valence-electron chi connectivity index (χ1n) is 7.20. The number of benzene rings is 1. The van der Waals surface area contributed by atoms with E-state index in [1.165, 1.54) is 17.7 Å². The summed E-state index contributed by atoms with van der Waals surface area (Å²) < 4.78 is 0. The number of nitrogens with one attached hydrogen (secondary N) is 1. The van der Waals surface area contributed by atoms with Crippen molar-refractivity contribution < 1.29 is 0 Å². The van der Waals surface area contributed by atoms with Gasteiger partial charge in [-0.1, -0.05) is 11.6 Å². The number of pyridine rings is 1. The normalized spacial score (nSPS) is 10.6. The van der Waals surface area contributed by atoms with Gasteiger partial charge in [-0.3, -0.25) is 4.98 Å². The molecule has 0 bridgehead atoms. The summed E-state index contributed by atoms with van der Waals surface area (Å²) in [6.07, 6.45) is 6.11. The zero-order valence-corrected chi connectivity index (χ0v) is 13.7. The predicted octanol–water partition coefficient (Wildman–Crippen LogP) is 4.28. The molecule has 2 rings (SSSR count). The van der Waals surface area contributed by atoms with Crippen LogP contribution in [0.4, 0.5) is 5.69 Å². The Balaban J connectivity index is 2.33. The lowest BCUT2D eigenvalue weighted by Gasteiger charge is -2.13. The van der Waals surface area contributed by atoms with Crippen molar-refractivity contribution in [2.75, 3.05) is 23.9 Å². The van der Waals surface area contributed by atoms with Gasteiger partial charge in [-0.15, -0.1) is 0 Å². The first-order chi connectivity index (χ1) is 10.2. The van der Waals surface area contributed by atoms with Crippen LogP contribution in [0.25, 0.3) is 10.9 Å². The molecule has 0 saturated heterocycles. The molecule has 0 spiro atoms. The Morgan fingerprint density at radius 2 is 2.10 bits per heavy atom. The third-order valence-electron chi connectivity index (χ3n) is 3.50. The zero-order chi connectivity index (χ0) is 15.2. The van der Waals surface area contributed by atoms with Gasteiger partial charge >= 0.3 is 0 Å². The largest absolute Gasteiger partial charge is 0.383 e. The number of nitrogens with zero attached hydrogens (tertiary/aromatic N) is 2. The molecule has 0 aliphatic carbocycles. The summed E-state index contributed by atoms with van der Waals surface area (Å²) in [5.74, 6) is 1.18. The van der Waals surface area contributed by atoms with Crippen LogP contribution in [0.5, 0.6) is 0 Å². The molecule has 0 saturated carbocycles. The van der Waals surface area contributed by atoms with Crippen LogP contribution in [-0.2, 0) is 0 Å². The van der Waals surface area contributed by atoms with Crippen LogP contribution in [0.15, 0.2) is 18.3 Å². The molecule has 4 heteroatoms. The second-order valence-electron chi connectivity index (χ2n) is 5.26. The number of nitriles is 1. The number of hydrogen-bond acceptors (Lipinski definition) is 4. The number of rotatable bonds is 6. The predicted molar refractivity (Wildman–Crippen MR) is 92.0 cm³/mol. The number of anilines is 1. The van der Waals surface area contributed by atoms with Gasteiger partial charge in [0.25, 0.3) is 0 Å². The van der Waals surface area contributed by atoms with Crippen molar-refractivity contribution in [1.82, 2.24) is 4.98 Å². The Morgan fingerprint density at radius 1 is 1.29 bits per heavy atom. The molecule has 110 valence electrons. The van der Waals surface area contributed by atoms with Crippen LogP contribution in [0.2, 0.25) is 0 Å². The summed E-state index contributed by atoms with van der Waals surface area (Å²) in [5, 5.41) is 13.8. The van der Waals surface area contributed by atoms with Gasteiger partial charge in [0.1, 0.15) is 6.07 Å². The molecule has 0 unspecified atom stereocenters. The molecule has 1 heterocycles. The van der Waals surface area contributed by atoms with Gasteiger partial charge in [0.2, 0.25) is 0 Å². The lowest BCUT2D eigenvalue weighted by atomic mass is 10.0. The van der Waals surface area contributed by atoms with Crippen LogP contribution >= 0.6 is 11.8 Å². The number of aromatic nitrogens is 1. The summed E-state index contributed by atoms with van der Waals surface area (Å²) in [6, 6.07) is 6.49. The highest BCUT2D eigenvalue weighted by Crippen LogP contribution is 2.28. The maximum Gasteiger partial charge on any atom is 0.103 e. The number of aryl methyl sites for hydroxylation is 2. The molecule has 0 amide bonds. The van der Waals surface area contributed by atoms with E-state index in [4.69, 9.17) is 0 Å². The first-order valence-corrected chi connectivity index (χ1v) is 8.59. The van der Waals surface area contributed by atoms with Crippen molar-refractivity contribution >= 4 is 28.4 Å². The molecule has 1 aromatic heterocycles. The molecule has 3 nitrogen and oxygen atoms in total. The summed E-state index contributed by atoms with van der Waals surface area (Å²) in [6.45, 7) is 5.03. The molecule has 21 heavy (non-hydrogen) atoms. The van der Waals surface area contributed by atoms with E-state index in [1.54, 1.807) is 6.20 Å². The molecule has 0 aliphatic heterocycles. The van der Waals surface area contributed by atoms with Crippen LogP contribution in [-0.4, -0.2) is 23.5 Å². The third kappa shape index (κ3) is 3.68. The number of fused-ring (bicyclic) bond motifs is 1. The number of unbranched alkanes of at least 4 members (excludes halogenated alkanes) is 1. The first kappa shape index (κ1) is 15.7. The van der Waals surface area contributed by atoms with E-state index in [0.29, 0.717) is 5.56 Å². The summed E-state index contributed by atoms with van der Waals surface area (Å²) in [5.41, 5.74) is 4.88. The molecular formula is C17H21N3S. The number of thioether (sulfide) groups is 1. The van der Waals surface area contributed by atoms with E-state index in [0.717, 1.165) is 35.1 Å². The SMILES string of the molecule is CSCCCCNc1c(C#N)cnc2c(C)cc(C)cc12. The monoisotopic (exact) mass is 299 g/mol. The fourth-order valence-corrected chi connectivity index (χ4v) is 3.01. The second kappa shape index (κ2) is 7.33. The van der Waals surface area contributed by atoms with Crippen molar-refractivity contribution in [2.45, 2.75) is 26.7 Å². The van der Waals surface area contributed by atoms with Crippen molar-refractivity contribution in [3.8, 4) is 6.07 Å². The summed E-state index contributed by atoms with van der Waals surface area (Å²) in [7, 11) is 0. The maximum atomic E-state index is 9.32. The van der Waals surface area contributed by atoms with Crippen molar-refractivity contribution in [3.63, 3.8) is 0 Å². The fourth-order valence-electron chi connectivity index (χ4n) is 2.52. The molecule has 0 atom stereocenters. The van der Waals surface area contributed by atoms with Crippen LogP contribution in [0.3, 0.4) is 0 Å². The van der Waals surface area contributed by atoms with E-state index >= 15 is 0 Å². The Kier molecular flexibility index (Phi) is 5.46. The highest BCUT2D eigenvalue weighted by molar-refractivity contribution is 7.98. The summed E-state index contributed by atoms with van der Waals surface area (Å²) in [4.78, 5) is 4.45. The highest BCUT2D eigenvalue weighted by atomic mass is 32.2. The van der Waals surface area contributed by atoms with Gasteiger partial charge in [0.05, 0.1) is 16.8 Å². The minimum atomic E-state index is 0.623. The minimum absolute atomic E-state index is 0.623. The van der Waals surface area contributed by atoms with Gasteiger partial charge in [0, 0.05) is 18.1 Å². The zero-order valence-electron chi connectivity index (χ0n) is 12.9. The highest BCUT2D eigenvalue weighted by Gasteiger charge is 2.10. The fraction of sp³-hybridized carbons (Fsp3) is 0.412.